The fourth-order valence-corrected chi connectivity index (χ4v) is 3.68. The molecule has 3 rings (SSSR count). The number of carbonyl (C=O) groups excluding carboxylic acids is 1. The van der Waals surface area contributed by atoms with Crippen LogP contribution in [-0.2, 0) is 10.0 Å². The van der Waals surface area contributed by atoms with Crippen molar-refractivity contribution in [3.63, 3.8) is 0 Å². The standard InChI is InChI=1S/C19H24N4O3S/c1-27(25,26)21-17-6-4-16(5-7-17)19(24)8-10-22-11-13-23(14-12-22)18-3-2-9-20-15-18/h2-7,9,15,21H,8,10-14H2,1H3. The number of piperazine rings is 1. The summed E-state index contributed by atoms with van der Waals surface area (Å²) in [5.41, 5.74) is 2.19. The van der Waals surface area contributed by atoms with Crippen LogP contribution in [-0.4, -0.2) is 63.1 Å². The van der Waals surface area contributed by atoms with Gasteiger partial charge in [-0.3, -0.25) is 19.4 Å². The van der Waals surface area contributed by atoms with Crippen LogP contribution in [0.25, 0.3) is 0 Å². The lowest BCUT2D eigenvalue weighted by Crippen LogP contribution is -2.46. The molecule has 1 aliphatic heterocycles. The largest absolute Gasteiger partial charge is 0.368 e. The highest BCUT2D eigenvalue weighted by Crippen LogP contribution is 2.16. The van der Waals surface area contributed by atoms with Gasteiger partial charge in [0, 0.05) is 56.6 Å². The first-order valence-electron chi connectivity index (χ1n) is 8.89. The Hall–Kier alpha value is -2.45. The number of Topliss-reactive ketones (excluding diaryl/α,β-unsaturated/α-hetero) is 1. The fourth-order valence-electron chi connectivity index (χ4n) is 3.11. The van der Waals surface area contributed by atoms with Crippen LogP contribution in [0.4, 0.5) is 11.4 Å². The number of anilines is 2. The van der Waals surface area contributed by atoms with Crippen molar-refractivity contribution in [1.82, 2.24) is 9.88 Å². The molecule has 2 heterocycles. The second-order valence-corrected chi connectivity index (χ2v) is 8.41. The Bertz CT molecular complexity index is 862. The number of hydrogen-bond donors (Lipinski definition) is 1. The Morgan fingerprint density at radius 3 is 2.41 bits per heavy atom. The lowest BCUT2D eigenvalue weighted by molar-refractivity contribution is 0.0962. The molecule has 7 nitrogen and oxygen atoms in total. The molecule has 0 spiro atoms. The predicted molar refractivity (Wildman–Crippen MR) is 107 cm³/mol. The Labute approximate surface area is 160 Å². The van der Waals surface area contributed by atoms with Gasteiger partial charge in [0.1, 0.15) is 0 Å². The van der Waals surface area contributed by atoms with E-state index >= 15 is 0 Å². The molecule has 1 aliphatic rings. The van der Waals surface area contributed by atoms with Crippen LogP contribution < -0.4 is 9.62 Å². The van der Waals surface area contributed by atoms with Crippen molar-refractivity contribution in [2.45, 2.75) is 6.42 Å². The first-order valence-corrected chi connectivity index (χ1v) is 10.8. The monoisotopic (exact) mass is 388 g/mol. The molecule has 1 aromatic carbocycles. The summed E-state index contributed by atoms with van der Waals surface area (Å²) in [6.45, 7) is 4.40. The maximum absolute atomic E-state index is 12.4. The van der Waals surface area contributed by atoms with Crippen LogP contribution in [0.2, 0.25) is 0 Å². The number of nitrogens with one attached hydrogen (secondary N) is 1. The van der Waals surface area contributed by atoms with E-state index in [0.29, 0.717) is 17.7 Å². The molecular weight excluding hydrogens is 364 g/mol. The molecule has 8 heteroatoms. The molecule has 1 fully saturated rings. The molecule has 0 radical (unpaired) electrons. The number of benzene rings is 1. The molecule has 1 aromatic heterocycles. The van der Waals surface area contributed by atoms with Gasteiger partial charge in [0.2, 0.25) is 10.0 Å². The minimum Gasteiger partial charge on any atom is -0.368 e. The van der Waals surface area contributed by atoms with Gasteiger partial charge in [-0.2, -0.15) is 0 Å². The quantitative estimate of drug-likeness (QED) is 0.729. The molecule has 0 saturated carbocycles. The van der Waals surface area contributed by atoms with Gasteiger partial charge in [-0.05, 0) is 36.4 Å². The summed E-state index contributed by atoms with van der Waals surface area (Å²) in [7, 11) is -3.31. The van der Waals surface area contributed by atoms with Gasteiger partial charge >= 0.3 is 0 Å². The van der Waals surface area contributed by atoms with Gasteiger partial charge in [0.15, 0.2) is 5.78 Å². The first-order chi connectivity index (χ1) is 12.9. The first kappa shape index (κ1) is 19.3. The summed E-state index contributed by atoms with van der Waals surface area (Å²) in [6.07, 6.45) is 5.20. The third-order valence-corrected chi connectivity index (χ3v) is 5.16. The topological polar surface area (TPSA) is 82.6 Å². The number of carbonyl (C=O) groups is 1. The number of rotatable bonds is 7. The maximum atomic E-state index is 12.4. The molecule has 0 bridgehead atoms. The summed E-state index contributed by atoms with van der Waals surface area (Å²) in [5.74, 6) is 0.0654. The molecule has 144 valence electrons. The van der Waals surface area contributed by atoms with Crippen LogP contribution in [0.3, 0.4) is 0 Å². The Balaban J connectivity index is 1.46. The summed E-state index contributed by atoms with van der Waals surface area (Å²) in [5, 5.41) is 0. The average molecular weight is 388 g/mol. The zero-order valence-electron chi connectivity index (χ0n) is 15.3. The third kappa shape index (κ3) is 5.77. The van der Waals surface area contributed by atoms with E-state index in [-0.39, 0.29) is 5.78 Å². The van der Waals surface area contributed by atoms with E-state index in [2.05, 4.69) is 25.6 Å². The summed E-state index contributed by atoms with van der Waals surface area (Å²) >= 11 is 0. The summed E-state index contributed by atoms with van der Waals surface area (Å²) in [6, 6.07) is 10.6. The predicted octanol–water partition coefficient (Wildman–Crippen LogP) is 1.85. The number of sulfonamides is 1. The minimum absolute atomic E-state index is 0.0654. The number of pyridine rings is 1. The van der Waals surface area contributed by atoms with Crippen LogP contribution in [0.5, 0.6) is 0 Å². The number of nitrogens with zero attached hydrogens (tertiary/aromatic N) is 3. The normalized spacial score (nSPS) is 15.5. The van der Waals surface area contributed by atoms with Crippen LogP contribution >= 0.6 is 0 Å². The lowest BCUT2D eigenvalue weighted by Gasteiger charge is -2.35. The Kier molecular flexibility index (Phi) is 6.08. The van der Waals surface area contributed by atoms with Crippen molar-refractivity contribution in [3.05, 3.63) is 54.4 Å². The van der Waals surface area contributed by atoms with Crippen molar-refractivity contribution in [2.75, 3.05) is 48.6 Å². The molecule has 0 aliphatic carbocycles. The van der Waals surface area contributed by atoms with E-state index in [9.17, 15) is 13.2 Å². The molecule has 27 heavy (non-hydrogen) atoms. The number of hydrogen-bond acceptors (Lipinski definition) is 6. The van der Waals surface area contributed by atoms with E-state index in [1.54, 1.807) is 30.5 Å². The molecular formula is C19H24N4O3S. The van der Waals surface area contributed by atoms with Crippen molar-refractivity contribution in [1.29, 1.82) is 0 Å². The highest BCUT2D eigenvalue weighted by molar-refractivity contribution is 7.92. The zero-order valence-corrected chi connectivity index (χ0v) is 16.2. The van der Waals surface area contributed by atoms with E-state index in [0.717, 1.165) is 44.7 Å². The average Bonchev–Trinajstić information content (AvgIpc) is 2.66. The molecule has 1 N–H and O–H groups in total. The van der Waals surface area contributed by atoms with E-state index < -0.39 is 10.0 Å². The minimum atomic E-state index is -3.31. The van der Waals surface area contributed by atoms with Crippen molar-refractivity contribution >= 4 is 27.2 Å². The van der Waals surface area contributed by atoms with Gasteiger partial charge in [-0.15, -0.1) is 0 Å². The van der Waals surface area contributed by atoms with Gasteiger partial charge in [-0.25, -0.2) is 8.42 Å². The van der Waals surface area contributed by atoms with Crippen LogP contribution in [0, 0.1) is 0 Å². The van der Waals surface area contributed by atoms with Crippen LogP contribution in [0.1, 0.15) is 16.8 Å². The molecule has 0 unspecified atom stereocenters. The molecule has 0 amide bonds. The van der Waals surface area contributed by atoms with E-state index in [1.807, 2.05) is 12.3 Å². The van der Waals surface area contributed by atoms with Crippen molar-refractivity contribution < 1.29 is 13.2 Å². The molecule has 2 aromatic rings. The number of ketones is 1. The molecule has 1 saturated heterocycles. The summed E-state index contributed by atoms with van der Waals surface area (Å²) in [4.78, 5) is 21.1. The Morgan fingerprint density at radius 2 is 1.81 bits per heavy atom. The SMILES string of the molecule is CS(=O)(=O)Nc1ccc(C(=O)CCN2CCN(c3cccnc3)CC2)cc1. The Morgan fingerprint density at radius 1 is 1.11 bits per heavy atom. The van der Waals surface area contributed by atoms with E-state index in [4.69, 9.17) is 0 Å². The smallest absolute Gasteiger partial charge is 0.229 e. The lowest BCUT2D eigenvalue weighted by atomic mass is 10.1. The second-order valence-electron chi connectivity index (χ2n) is 6.66. The highest BCUT2D eigenvalue weighted by atomic mass is 32.2. The zero-order chi connectivity index (χ0) is 19.3. The highest BCUT2D eigenvalue weighted by Gasteiger charge is 2.18. The van der Waals surface area contributed by atoms with Crippen molar-refractivity contribution in [3.8, 4) is 0 Å². The fraction of sp³-hybridized carbons (Fsp3) is 0.368. The van der Waals surface area contributed by atoms with Crippen molar-refractivity contribution in [2.24, 2.45) is 0 Å². The number of aromatic nitrogens is 1. The third-order valence-electron chi connectivity index (χ3n) is 4.55. The van der Waals surface area contributed by atoms with Gasteiger partial charge in [0.25, 0.3) is 0 Å². The van der Waals surface area contributed by atoms with E-state index in [1.165, 1.54) is 0 Å². The van der Waals surface area contributed by atoms with Gasteiger partial charge in [-0.1, -0.05) is 0 Å². The second kappa shape index (κ2) is 8.49. The molecule has 0 atom stereocenters. The maximum Gasteiger partial charge on any atom is 0.229 e. The van der Waals surface area contributed by atoms with Crippen LogP contribution in [0.15, 0.2) is 48.8 Å². The summed E-state index contributed by atoms with van der Waals surface area (Å²) < 4.78 is 24.8. The van der Waals surface area contributed by atoms with Gasteiger partial charge in [0.05, 0.1) is 18.1 Å². The van der Waals surface area contributed by atoms with Gasteiger partial charge < -0.3 is 4.90 Å².